The molecule has 2 rings (SSSR count). The largest absolute Gasteiger partial charge is 0.391 e. The maximum atomic E-state index is 9.83. The molecule has 15 heavy (non-hydrogen) atoms. The maximum Gasteiger partial charge on any atom is 0.0712 e. The van der Waals surface area contributed by atoms with Gasteiger partial charge in [0, 0.05) is 23.9 Å². The van der Waals surface area contributed by atoms with Crippen molar-refractivity contribution in [1.82, 2.24) is 5.32 Å². The van der Waals surface area contributed by atoms with Crippen LogP contribution in [-0.2, 0) is 6.42 Å². The third kappa shape index (κ3) is 3.59. The van der Waals surface area contributed by atoms with E-state index in [0.29, 0.717) is 6.04 Å². The standard InChI is InChI=1S/C12H19NOS/c14-11(8-12-6-3-7-15-12)9-13-10-4-1-2-5-10/h3,6-7,10-11,13-14H,1-2,4-5,8-9H2. The summed E-state index contributed by atoms with van der Waals surface area (Å²) in [6, 6.07) is 4.78. The molecule has 2 nitrogen and oxygen atoms in total. The Balaban J connectivity index is 1.66. The smallest absolute Gasteiger partial charge is 0.0712 e. The lowest BCUT2D eigenvalue weighted by molar-refractivity contribution is 0.168. The van der Waals surface area contributed by atoms with Gasteiger partial charge in [0.15, 0.2) is 0 Å². The minimum Gasteiger partial charge on any atom is -0.391 e. The van der Waals surface area contributed by atoms with E-state index in [0.717, 1.165) is 13.0 Å². The zero-order chi connectivity index (χ0) is 10.5. The summed E-state index contributed by atoms with van der Waals surface area (Å²) in [6.07, 6.45) is 5.82. The first-order valence-electron chi connectivity index (χ1n) is 5.78. The quantitative estimate of drug-likeness (QED) is 0.805. The molecule has 0 spiro atoms. The van der Waals surface area contributed by atoms with Gasteiger partial charge in [-0.25, -0.2) is 0 Å². The highest BCUT2D eigenvalue weighted by Crippen LogP contribution is 2.17. The second-order valence-corrected chi connectivity index (χ2v) is 5.36. The molecular weight excluding hydrogens is 206 g/mol. The highest BCUT2D eigenvalue weighted by Gasteiger charge is 2.15. The Labute approximate surface area is 95.3 Å². The minimum absolute atomic E-state index is 0.232. The molecule has 0 aromatic carbocycles. The molecule has 1 aromatic heterocycles. The van der Waals surface area contributed by atoms with Crippen LogP contribution in [0.2, 0.25) is 0 Å². The van der Waals surface area contributed by atoms with Gasteiger partial charge in [-0.15, -0.1) is 11.3 Å². The number of hydrogen-bond acceptors (Lipinski definition) is 3. The normalized spacial score (nSPS) is 19.5. The maximum absolute atomic E-state index is 9.83. The van der Waals surface area contributed by atoms with Crippen LogP contribution in [0.1, 0.15) is 30.6 Å². The summed E-state index contributed by atoms with van der Waals surface area (Å²) in [5.41, 5.74) is 0. The van der Waals surface area contributed by atoms with Crippen LogP contribution in [0.5, 0.6) is 0 Å². The molecule has 2 N–H and O–H groups in total. The number of nitrogens with one attached hydrogen (secondary N) is 1. The molecule has 1 heterocycles. The first-order chi connectivity index (χ1) is 7.34. The lowest BCUT2D eigenvalue weighted by atomic mass is 10.2. The lowest BCUT2D eigenvalue weighted by Crippen LogP contribution is -2.34. The SMILES string of the molecule is OC(CNC1CCCC1)Cc1cccs1. The Morgan fingerprint density at radius 1 is 1.47 bits per heavy atom. The average Bonchev–Trinajstić information content (AvgIpc) is 2.86. The van der Waals surface area contributed by atoms with Crippen molar-refractivity contribution in [2.75, 3.05) is 6.54 Å². The Morgan fingerprint density at radius 2 is 2.27 bits per heavy atom. The van der Waals surface area contributed by atoms with Crippen LogP contribution in [0.15, 0.2) is 17.5 Å². The molecular formula is C12H19NOS. The van der Waals surface area contributed by atoms with Crippen molar-refractivity contribution in [2.24, 2.45) is 0 Å². The van der Waals surface area contributed by atoms with Crippen LogP contribution in [0, 0.1) is 0 Å². The van der Waals surface area contributed by atoms with Crippen LogP contribution < -0.4 is 5.32 Å². The number of rotatable bonds is 5. The molecule has 84 valence electrons. The number of thiophene rings is 1. The van der Waals surface area contributed by atoms with Crippen LogP contribution in [0.25, 0.3) is 0 Å². The molecule has 0 saturated heterocycles. The number of aliphatic hydroxyl groups excluding tert-OH is 1. The second-order valence-electron chi connectivity index (χ2n) is 4.33. The second kappa shape index (κ2) is 5.64. The number of aliphatic hydroxyl groups is 1. The number of hydrogen-bond donors (Lipinski definition) is 2. The summed E-state index contributed by atoms with van der Waals surface area (Å²) in [5.74, 6) is 0. The molecule has 0 bridgehead atoms. The summed E-state index contributed by atoms with van der Waals surface area (Å²) < 4.78 is 0. The van der Waals surface area contributed by atoms with Gasteiger partial charge in [0.1, 0.15) is 0 Å². The van der Waals surface area contributed by atoms with Gasteiger partial charge >= 0.3 is 0 Å². The van der Waals surface area contributed by atoms with Crippen molar-refractivity contribution in [3.63, 3.8) is 0 Å². The fourth-order valence-electron chi connectivity index (χ4n) is 2.17. The van der Waals surface area contributed by atoms with E-state index in [9.17, 15) is 5.11 Å². The van der Waals surface area contributed by atoms with Gasteiger partial charge in [0.05, 0.1) is 6.10 Å². The molecule has 0 aliphatic heterocycles. The van der Waals surface area contributed by atoms with E-state index in [2.05, 4.69) is 16.8 Å². The van der Waals surface area contributed by atoms with Gasteiger partial charge in [-0.3, -0.25) is 0 Å². The third-order valence-electron chi connectivity index (χ3n) is 3.01. The van der Waals surface area contributed by atoms with E-state index in [1.165, 1.54) is 30.6 Å². The van der Waals surface area contributed by atoms with Gasteiger partial charge in [-0.2, -0.15) is 0 Å². The molecule has 1 fully saturated rings. The van der Waals surface area contributed by atoms with Crippen molar-refractivity contribution in [3.8, 4) is 0 Å². The molecule has 0 radical (unpaired) electrons. The molecule has 0 amide bonds. The Hall–Kier alpha value is -0.380. The van der Waals surface area contributed by atoms with Crippen molar-refractivity contribution >= 4 is 11.3 Å². The summed E-state index contributed by atoms with van der Waals surface area (Å²) in [4.78, 5) is 1.27. The van der Waals surface area contributed by atoms with E-state index < -0.39 is 0 Å². The lowest BCUT2D eigenvalue weighted by Gasteiger charge is -2.15. The molecule has 3 heteroatoms. The van der Waals surface area contributed by atoms with Crippen molar-refractivity contribution in [2.45, 2.75) is 44.2 Å². The van der Waals surface area contributed by atoms with Gasteiger partial charge < -0.3 is 10.4 Å². The predicted octanol–water partition coefficient (Wildman–Crippen LogP) is 2.18. The molecule has 1 unspecified atom stereocenters. The minimum atomic E-state index is -0.232. The Bertz CT molecular complexity index is 267. The molecule has 1 aliphatic rings. The topological polar surface area (TPSA) is 32.3 Å². The van der Waals surface area contributed by atoms with Crippen molar-refractivity contribution < 1.29 is 5.11 Å². The van der Waals surface area contributed by atoms with E-state index in [-0.39, 0.29) is 6.10 Å². The predicted molar refractivity (Wildman–Crippen MR) is 64.3 cm³/mol. The van der Waals surface area contributed by atoms with Crippen molar-refractivity contribution in [3.05, 3.63) is 22.4 Å². The first-order valence-corrected chi connectivity index (χ1v) is 6.66. The average molecular weight is 225 g/mol. The fraction of sp³-hybridized carbons (Fsp3) is 0.667. The zero-order valence-electron chi connectivity index (χ0n) is 8.98. The highest BCUT2D eigenvalue weighted by molar-refractivity contribution is 7.09. The Kier molecular flexibility index (Phi) is 4.18. The molecule has 1 aromatic rings. The monoisotopic (exact) mass is 225 g/mol. The van der Waals surface area contributed by atoms with Crippen molar-refractivity contribution in [1.29, 1.82) is 0 Å². The van der Waals surface area contributed by atoms with Gasteiger partial charge in [-0.1, -0.05) is 18.9 Å². The van der Waals surface area contributed by atoms with E-state index in [1.807, 2.05) is 6.07 Å². The zero-order valence-corrected chi connectivity index (χ0v) is 9.80. The van der Waals surface area contributed by atoms with Crippen LogP contribution >= 0.6 is 11.3 Å². The van der Waals surface area contributed by atoms with Gasteiger partial charge in [-0.05, 0) is 24.3 Å². The first kappa shape index (κ1) is 11.1. The molecule has 1 aliphatic carbocycles. The summed E-state index contributed by atoms with van der Waals surface area (Å²) >= 11 is 1.72. The third-order valence-corrected chi connectivity index (χ3v) is 3.91. The van der Waals surface area contributed by atoms with E-state index >= 15 is 0 Å². The van der Waals surface area contributed by atoms with Gasteiger partial charge in [0.2, 0.25) is 0 Å². The molecule has 1 saturated carbocycles. The van der Waals surface area contributed by atoms with E-state index in [1.54, 1.807) is 11.3 Å². The van der Waals surface area contributed by atoms with Crippen LogP contribution in [-0.4, -0.2) is 23.8 Å². The molecule has 1 atom stereocenters. The summed E-state index contributed by atoms with van der Waals surface area (Å²) in [7, 11) is 0. The van der Waals surface area contributed by atoms with E-state index in [4.69, 9.17) is 0 Å². The van der Waals surface area contributed by atoms with Crippen LogP contribution in [0.3, 0.4) is 0 Å². The Morgan fingerprint density at radius 3 is 2.93 bits per heavy atom. The van der Waals surface area contributed by atoms with Gasteiger partial charge in [0.25, 0.3) is 0 Å². The fourth-order valence-corrected chi connectivity index (χ4v) is 2.94. The van der Waals surface area contributed by atoms with Crippen LogP contribution in [0.4, 0.5) is 0 Å². The highest BCUT2D eigenvalue weighted by atomic mass is 32.1. The summed E-state index contributed by atoms with van der Waals surface area (Å²) in [6.45, 7) is 0.739. The summed E-state index contributed by atoms with van der Waals surface area (Å²) in [5, 5.41) is 15.3.